The van der Waals surface area contributed by atoms with Gasteiger partial charge in [0.15, 0.2) is 0 Å². The van der Waals surface area contributed by atoms with Crippen LogP contribution < -0.4 is 4.74 Å². The Morgan fingerprint density at radius 3 is 2.14 bits per heavy atom. The molecule has 0 heterocycles. The van der Waals surface area contributed by atoms with E-state index in [9.17, 15) is 0 Å². The second-order valence-corrected chi connectivity index (χ2v) is 6.02. The molecule has 0 radical (unpaired) electrons. The van der Waals surface area contributed by atoms with Crippen LogP contribution in [0.3, 0.4) is 0 Å². The summed E-state index contributed by atoms with van der Waals surface area (Å²) in [6, 6.07) is 8.27. The zero-order chi connectivity index (χ0) is 10.6. The molecule has 0 fully saturated rings. The molecule has 0 aliphatic carbocycles. The second kappa shape index (κ2) is 4.74. The molecule has 1 rings (SSSR count). The molecule has 0 aliphatic heterocycles. The number of hydrogen-bond acceptors (Lipinski definition) is 2. The molecule has 2 heteroatoms. The molecule has 0 spiro atoms. The van der Waals surface area contributed by atoms with E-state index in [0.29, 0.717) is 0 Å². The summed E-state index contributed by atoms with van der Waals surface area (Å²) in [6.07, 6.45) is 0. The van der Waals surface area contributed by atoms with Crippen LogP contribution in [0.2, 0.25) is 0 Å². The smallest absolute Gasteiger partial charge is 0.119 e. The van der Waals surface area contributed by atoms with Crippen molar-refractivity contribution in [3.63, 3.8) is 0 Å². The van der Waals surface area contributed by atoms with E-state index in [-0.39, 0.29) is 4.75 Å². The third kappa shape index (κ3) is 4.05. The third-order valence-corrected chi connectivity index (χ3v) is 2.68. The molecule has 0 N–H and O–H groups in total. The number of hydrogen-bond donors (Lipinski definition) is 0. The fourth-order valence-electron chi connectivity index (χ4n) is 1.12. The van der Waals surface area contributed by atoms with Gasteiger partial charge in [0.1, 0.15) is 5.75 Å². The third-order valence-electron chi connectivity index (χ3n) is 1.56. The van der Waals surface area contributed by atoms with Crippen molar-refractivity contribution in [2.24, 2.45) is 0 Å². The summed E-state index contributed by atoms with van der Waals surface area (Å²) in [5, 5.41) is 0. The van der Waals surface area contributed by atoms with Crippen LogP contribution in [0.25, 0.3) is 0 Å². The molecule has 1 nitrogen and oxygen atoms in total. The first-order valence-corrected chi connectivity index (χ1v) is 5.75. The van der Waals surface area contributed by atoms with Crippen molar-refractivity contribution in [3.05, 3.63) is 24.3 Å². The molecule has 0 atom stereocenters. The van der Waals surface area contributed by atoms with E-state index in [0.717, 1.165) is 12.4 Å². The van der Waals surface area contributed by atoms with Crippen molar-refractivity contribution >= 4 is 11.8 Å². The molecule has 1 aromatic carbocycles. The first-order valence-electron chi connectivity index (χ1n) is 4.93. The van der Waals surface area contributed by atoms with Gasteiger partial charge in [-0.25, -0.2) is 0 Å². The summed E-state index contributed by atoms with van der Waals surface area (Å²) in [4.78, 5) is 1.29. The van der Waals surface area contributed by atoms with Gasteiger partial charge >= 0.3 is 0 Å². The number of thioether (sulfide) groups is 1. The highest BCUT2D eigenvalue weighted by Crippen LogP contribution is 2.32. The van der Waals surface area contributed by atoms with E-state index in [1.165, 1.54) is 4.90 Å². The lowest BCUT2D eigenvalue weighted by Crippen LogP contribution is -2.06. The lowest BCUT2D eigenvalue weighted by atomic mass is 10.3. The molecule has 0 saturated carbocycles. The summed E-state index contributed by atoms with van der Waals surface area (Å²) < 4.78 is 5.65. The maximum atomic E-state index is 5.38. The minimum absolute atomic E-state index is 0.271. The van der Waals surface area contributed by atoms with Crippen molar-refractivity contribution in [2.45, 2.75) is 37.3 Å². The number of ether oxygens (including phenoxy) is 1. The lowest BCUT2D eigenvalue weighted by molar-refractivity contribution is 0.340. The SMILES string of the molecule is CCOc1ccc(SC(C)(C)C)cc1. The van der Waals surface area contributed by atoms with Crippen molar-refractivity contribution in [3.8, 4) is 5.75 Å². The predicted molar refractivity (Wildman–Crippen MR) is 63.2 cm³/mol. The Morgan fingerprint density at radius 2 is 1.71 bits per heavy atom. The molecule has 14 heavy (non-hydrogen) atoms. The molecule has 0 amide bonds. The van der Waals surface area contributed by atoms with Gasteiger partial charge in [-0.3, -0.25) is 0 Å². The van der Waals surface area contributed by atoms with E-state index < -0.39 is 0 Å². The maximum Gasteiger partial charge on any atom is 0.119 e. The molecule has 0 saturated heterocycles. The minimum atomic E-state index is 0.271. The average molecular weight is 210 g/mol. The summed E-state index contributed by atoms with van der Waals surface area (Å²) in [5.74, 6) is 0.950. The van der Waals surface area contributed by atoms with Crippen LogP contribution in [0.5, 0.6) is 5.75 Å². The van der Waals surface area contributed by atoms with Crippen LogP contribution in [0.4, 0.5) is 0 Å². The van der Waals surface area contributed by atoms with Crippen molar-refractivity contribution in [1.82, 2.24) is 0 Å². The van der Waals surface area contributed by atoms with Crippen LogP contribution in [0.15, 0.2) is 29.2 Å². The number of rotatable bonds is 3. The maximum absolute atomic E-state index is 5.38. The van der Waals surface area contributed by atoms with Crippen molar-refractivity contribution < 1.29 is 4.74 Å². The molecule has 0 aromatic heterocycles. The van der Waals surface area contributed by atoms with Crippen LogP contribution in [-0.2, 0) is 0 Å². The molecular formula is C12H18OS. The van der Waals surface area contributed by atoms with E-state index in [2.05, 4.69) is 32.9 Å². The highest BCUT2D eigenvalue weighted by atomic mass is 32.2. The number of benzene rings is 1. The highest BCUT2D eigenvalue weighted by Gasteiger charge is 2.11. The zero-order valence-electron chi connectivity index (χ0n) is 9.33. The largest absolute Gasteiger partial charge is 0.494 e. The van der Waals surface area contributed by atoms with E-state index in [4.69, 9.17) is 4.74 Å². The molecule has 0 bridgehead atoms. The van der Waals surface area contributed by atoms with Gasteiger partial charge in [0, 0.05) is 9.64 Å². The Kier molecular flexibility index (Phi) is 3.87. The van der Waals surface area contributed by atoms with E-state index in [1.807, 2.05) is 30.8 Å². The first kappa shape index (κ1) is 11.4. The van der Waals surface area contributed by atoms with Gasteiger partial charge in [-0.1, -0.05) is 20.8 Å². The summed E-state index contributed by atoms with van der Waals surface area (Å²) in [5.41, 5.74) is 0. The Bertz CT molecular complexity index is 271. The Morgan fingerprint density at radius 1 is 1.14 bits per heavy atom. The summed E-state index contributed by atoms with van der Waals surface area (Å²) >= 11 is 1.87. The van der Waals surface area contributed by atoms with Gasteiger partial charge in [0.2, 0.25) is 0 Å². The standard InChI is InChI=1S/C12H18OS/c1-5-13-10-6-8-11(9-7-10)14-12(2,3)4/h6-9H,5H2,1-4H3. The van der Waals surface area contributed by atoms with Gasteiger partial charge in [-0.05, 0) is 31.2 Å². The molecule has 0 unspecified atom stereocenters. The Balaban J connectivity index is 2.64. The highest BCUT2D eigenvalue weighted by molar-refractivity contribution is 8.00. The quantitative estimate of drug-likeness (QED) is 0.698. The van der Waals surface area contributed by atoms with Gasteiger partial charge < -0.3 is 4.74 Å². The second-order valence-electron chi connectivity index (χ2n) is 4.12. The summed E-state index contributed by atoms with van der Waals surface area (Å²) in [7, 11) is 0. The van der Waals surface area contributed by atoms with Gasteiger partial charge in [-0.2, -0.15) is 0 Å². The van der Waals surface area contributed by atoms with Gasteiger partial charge in [-0.15, -0.1) is 11.8 Å². The van der Waals surface area contributed by atoms with Crippen LogP contribution >= 0.6 is 11.8 Å². The molecule has 1 aromatic rings. The Labute approximate surface area is 90.9 Å². The van der Waals surface area contributed by atoms with Gasteiger partial charge in [0.05, 0.1) is 6.61 Å². The van der Waals surface area contributed by atoms with E-state index >= 15 is 0 Å². The normalized spacial score (nSPS) is 11.4. The zero-order valence-corrected chi connectivity index (χ0v) is 10.1. The van der Waals surface area contributed by atoms with Crippen LogP contribution in [-0.4, -0.2) is 11.4 Å². The topological polar surface area (TPSA) is 9.23 Å². The fraction of sp³-hybridized carbons (Fsp3) is 0.500. The molecule has 78 valence electrons. The monoisotopic (exact) mass is 210 g/mol. The molecule has 0 aliphatic rings. The van der Waals surface area contributed by atoms with Crippen LogP contribution in [0.1, 0.15) is 27.7 Å². The van der Waals surface area contributed by atoms with Crippen LogP contribution in [0, 0.1) is 0 Å². The minimum Gasteiger partial charge on any atom is -0.494 e. The fourth-order valence-corrected chi connectivity index (χ4v) is 2.10. The molecular weight excluding hydrogens is 192 g/mol. The predicted octanol–water partition coefficient (Wildman–Crippen LogP) is 3.98. The van der Waals surface area contributed by atoms with Gasteiger partial charge in [0.25, 0.3) is 0 Å². The van der Waals surface area contributed by atoms with Crippen molar-refractivity contribution in [2.75, 3.05) is 6.61 Å². The summed E-state index contributed by atoms with van der Waals surface area (Å²) in [6.45, 7) is 9.37. The average Bonchev–Trinajstić information content (AvgIpc) is 2.06. The van der Waals surface area contributed by atoms with Crippen molar-refractivity contribution in [1.29, 1.82) is 0 Å². The lowest BCUT2D eigenvalue weighted by Gasteiger charge is -2.17. The Hall–Kier alpha value is -0.630. The van der Waals surface area contributed by atoms with E-state index in [1.54, 1.807) is 0 Å². The first-order chi connectivity index (χ1) is 6.51.